The van der Waals surface area contributed by atoms with Crippen molar-refractivity contribution in [3.63, 3.8) is 0 Å². The molecule has 2 aromatic carbocycles. The molecule has 11 N–H and O–H groups in total. The number of methoxy groups -OCH3 is 1. The molecule has 14 atom stereocenters. The van der Waals surface area contributed by atoms with Crippen LogP contribution < -0.4 is 9.47 Å². The van der Waals surface area contributed by atoms with Crippen molar-refractivity contribution in [2.75, 3.05) is 20.3 Å². The maximum absolute atomic E-state index is 11.4. The van der Waals surface area contributed by atoms with Crippen LogP contribution in [0.1, 0.15) is 6.92 Å². The Morgan fingerprint density at radius 2 is 1.46 bits per heavy atom. The van der Waals surface area contributed by atoms with Crippen molar-refractivity contribution in [2.24, 2.45) is 0 Å². The Kier molecular flexibility index (Phi) is 11.2. The van der Waals surface area contributed by atoms with E-state index in [2.05, 4.69) is 0 Å². The maximum Gasteiger partial charge on any atom is 0.402 e. The van der Waals surface area contributed by atoms with Gasteiger partial charge in [0.05, 0.1) is 38.1 Å². The van der Waals surface area contributed by atoms with E-state index in [9.17, 15) is 56.2 Å². The first kappa shape index (κ1) is 38.1. The molecule has 1 aromatic heterocycles. The number of phenolic OH excluding ortho intramolecular Hbond substituents is 3. The third-order valence-corrected chi connectivity index (χ3v) is 9.12. The molecule has 3 aliphatic heterocycles. The van der Waals surface area contributed by atoms with Crippen molar-refractivity contribution in [1.82, 2.24) is 0 Å². The van der Waals surface area contributed by atoms with Gasteiger partial charge in [-0.2, -0.15) is 0 Å². The minimum absolute atomic E-state index is 0.0203. The molecule has 3 fully saturated rings. The molecule has 19 nitrogen and oxygen atoms in total. The van der Waals surface area contributed by atoms with E-state index in [4.69, 9.17) is 37.6 Å². The lowest BCUT2D eigenvalue weighted by Crippen LogP contribution is -2.64. The second-order valence-corrected chi connectivity index (χ2v) is 12.7. The molecule has 0 bridgehead atoms. The number of phenols is 3. The van der Waals surface area contributed by atoms with Gasteiger partial charge in [0.25, 0.3) is 0 Å². The summed E-state index contributed by atoms with van der Waals surface area (Å²) in [7, 11) is 1.34. The fraction of sp³-hybridized carbons (Fsp3) is 0.545. The molecule has 6 rings (SSSR count). The molecule has 3 saturated heterocycles. The topological polar surface area (TPSA) is 298 Å². The van der Waals surface area contributed by atoms with Gasteiger partial charge in [0.2, 0.25) is 12.0 Å². The average Bonchev–Trinajstić information content (AvgIpc) is 3.11. The number of fused-ring (bicyclic) bond motifs is 1. The Bertz CT molecular complexity index is 1710. The second kappa shape index (κ2) is 15.4. The fourth-order valence-corrected chi connectivity index (χ4v) is 6.11. The predicted octanol–water partition coefficient (Wildman–Crippen LogP) is -2.00. The van der Waals surface area contributed by atoms with E-state index in [0.717, 1.165) is 6.07 Å². The van der Waals surface area contributed by atoms with Crippen molar-refractivity contribution in [3.05, 3.63) is 36.4 Å². The van der Waals surface area contributed by atoms with Crippen molar-refractivity contribution >= 4 is 11.0 Å². The van der Waals surface area contributed by atoms with E-state index in [1.807, 2.05) is 0 Å². The van der Waals surface area contributed by atoms with Crippen LogP contribution >= 0.6 is 0 Å². The van der Waals surface area contributed by atoms with Gasteiger partial charge in [0.1, 0.15) is 71.8 Å². The minimum atomic E-state index is -1.91. The Hall–Kier alpha value is -3.67. The first-order chi connectivity index (χ1) is 24.7. The predicted molar refractivity (Wildman–Crippen MR) is 170 cm³/mol. The summed E-state index contributed by atoms with van der Waals surface area (Å²) in [6, 6.07) is 7.72. The van der Waals surface area contributed by atoms with E-state index >= 15 is 0 Å². The van der Waals surface area contributed by atoms with Gasteiger partial charge < -0.3 is 89.3 Å². The molecule has 19 heteroatoms. The lowest BCUT2D eigenvalue weighted by molar-refractivity contribution is -0.352. The van der Waals surface area contributed by atoms with Crippen LogP contribution in [0.5, 0.6) is 28.7 Å². The highest BCUT2D eigenvalue weighted by molar-refractivity contribution is 5.88. The summed E-state index contributed by atoms with van der Waals surface area (Å²) < 4.78 is 45.6. The summed E-state index contributed by atoms with van der Waals surface area (Å²) in [4.78, 5) is 0. The van der Waals surface area contributed by atoms with Gasteiger partial charge in [0, 0.05) is 18.2 Å². The minimum Gasteiger partial charge on any atom is -0.507 e. The Morgan fingerprint density at radius 1 is 0.731 bits per heavy atom. The summed E-state index contributed by atoms with van der Waals surface area (Å²) in [5.41, 5.74) is 0.168. The van der Waals surface area contributed by atoms with E-state index in [1.165, 1.54) is 44.4 Å². The molecule has 0 aliphatic carbocycles. The molecular formula is C33H41O19+. The summed E-state index contributed by atoms with van der Waals surface area (Å²) in [6.45, 7) is 0.362. The van der Waals surface area contributed by atoms with Crippen LogP contribution in [0.4, 0.5) is 0 Å². The Morgan fingerprint density at radius 3 is 2.17 bits per heavy atom. The summed E-state index contributed by atoms with van der Waals surface area (Å²) in [5, 5.41) is 115. The van der Waals surface area contributed by atoms with E-state index in [0.29, 0.717) is 0 Å². The van der Waals surface area contributed by atoms with Crippen LogP contribution in [0.15, 0.2) is 40.8 Å². The van der Waals surface area contributed by atoms with Crippen LogP contribution in [0.3, 0.4) is 0 Å². The van der Waals surface area contributed by atoms with Gasteiger partial charge in [-0.3, -0.25) is 0 Å². The number of aromatic hydroxyl groups is 3. The van der Waals surface area contributed by atoms with Gasteiger partial charge in [-0.15, -0.1) is 0 Å². The zero-order valence-corrected chi connectivity index (χ0v) is 27.6. The Balaban J connectivity index is 1.36. The highest BCUT2D eigenvalue weighted by Crippen LogP contribution is 2.43. The van der Waals surface area contributed by atoms with Crippen molar-refractivity contribution in [2.45, 2.75) is 92.9 Å². The summed E-state index contributed by atoms with van der Waals surface area (Å²) in [5.74, 6) is -1.26. The molecule has 3 aromatic rings. The van der Waals surface area contributed by atoms with Gasteiger partial charge >= 0.3 is 11.3 Å². The van der Waals surface area contributed by atoms with Gasteiger partial charge in [-0.1, -0.05) is 0 Å². The van der Waals surface area contributed by atoms with Gasteiger partial charge in [-0.25, -0.2) is 4.42 Å². The summed E-state index contributed by atoms with van der Waals surface area (Å²) >= 11 is 0. The van der Waals surface area contributed by atoms with Crippen LogP contribution in [-0.4, -0.2) is 163 Å². The third-order valence-electron chi connectivity index (χ3n) is 9.12. The van der Waals surface area contributed by atoms with Crippen molar-refractivity contribution in [1.29, 1.82) is 0 Å². The van der Waals surface area contributed by atoms with Crippen LogP contribution in [-0.2, 0) is 23.7 Å². The largest absolute Gasteiger partial charge is 0.507 e. The molecular weight excluding hydrogens is 700 g/mol. The van der Waals surface area contributed by atoms with E-state index < -0.39 is 105 Å². The number of rotatable bonds is 9. The number of hydrogen-bond acceptors (Lipinski definition) is 18. The average molecular weight is 742 g/mol. The molecule has 4 heterocycles. The van der Waals surface area contributed by atoms with E-state index in [1.54, 1.807) is 0 Å². The molecule has 52 heavy (non-hydrogen) atoms. The number of ether oxygens (including phenoxy) is 7. The highest BCUT2D eigenvalue weighted by Gasteiger charge is 2.51. The van der Waals surface area contributed by atoms with Gasteiger partial charge in [0.15, 0.2) is 30.2 Å². The number of hydrogen-bond donors (Lipinski definition) is 11. The number of aliphatic hydroxyl groups is 8. The van der Waals surface area contributed by atoms with Crippen molar-refractivity contribution < 1.29 is 93.7 Å². The lowest BCUT2D eigenvalue weighted by Gasteiger charge is -2.45. The molecule has 0 saturated carbocycles. The highest BCUT2D eigenvalue weighted by atomic mass is 16.8. The lowest BCUT2D eigenvalue weighted by atomic mass is 9.98. The molecule has 286 valence electrons. The fourth-order valence-electron chi connectivity index (χ4n) is 6.11. The molecule has 3 aliphatic rings. The zero-order chi connectivity index (χ0) is 37.6. The van der Waals surface area contributed by atoms with E-state index in [-0.39, 0.29) is 45.3 Å². The first-order valence-corrected chi connectivity index (χ1v) is 16.2. The molecule has 0 amide bonds. The van der Waals surface area contributed by atoms with Crippen molar-refractivity contribution in [3.8, 4) is 40.1 Å². The standard InChI is InChI=1S/C33H40O19/c1-11-22(38)25(41)28(44)31(48-11)47-10-21-24(40)26(42)30(52-32-27(43)23(39)17(37)9-46-32)33(51-21)50-20-8-14-15(35)6-13(34)7-19(14)49-29(20)12-3-4-18(45-2)16(36)5-12/h3-8,11,17,21-28,30-33,37-44H,9-10H2,1-2H3,(H2-,34,35,36)/p+1/t11-,17+,21+,22-,23-,24+,25+,26-,27+,28+,30+,31+,32-,33+/m0/s1. The second-order valence-electron chi connectivity index (χ2n) is 12.7. The quantitative estimate of drug-likeness (QED) is 0.106. The monoisotopic (exact) mass is 741 g/mol. The maximum atomic E-state index is 11.4. The normalized spacial score (nSPS) is 36.8. The molecule has 0 spiro atoms. The molecule has 0 unspecified atom stereocenters. The van der Waals surface area contributed by atoms with Crippen LogP contribution in [0.2, 0.25) is 0 Å². The zero-order valence-electron chi connectivity index (χ0n) is 27.6. The molecule has 0 radical (unpaired) electrons. The smallest absolute Gasteiger partial charge is 0.402 e. The van der Waals surface area contributed by atoms with Crippen LogP contribution in [0, 0.1) is 0 Å². The number of aliphatic hydroxyl groups excluding tert-OH is 8. The SMILES string of the molecule is COc1ccc(-c2[o+]c3cc(O)cc(O)c3cc2O[C@@H]2O[C@H](CO[C@@H]3O[C@@H](C)[C@H](O)[C@@H](O)[C@H]3O)[C@@H](O)[C@H](O)[C@H]2O[C@@H]2OC[C@@H](O)[C@H](O)[C@H]2O)cc1O. The Labute approximate surface area is 294 Å². The summed E-state index contributed by atoms with van der Waals surface area (Å²) in [6.07, 6.45) is -22.6. The first-order valence-electron chi connectivity index (χ1n) is 16.2. The number of benzene rings is 2. The van der Waals surface area contributed by atoms with Gasteiger partial charge in [-0.05, 0) is 19.1 Å². The third kappa shape index (κ3) is 7.41. The van der Waals surface area contributed by atoms with Crippen LogP contribution in [0.25, 0.3) is 22.3 Å².